The number of fused-ring (bicyclic) bond motifs is 1. The number of nitrogens with one attached hydrogen (secondary N) is 1. The predicted octanol–water partition coefficient (Wildman–Crippen LogP) is 5.26. The Morgan fingerprint density at radius 3 is 2.57 bits per heavy atom. The number of amides is 1. The highest BCUT2D eigenvalue weighted by atomic mass is 16.5. The first-order chi connectivity index (χ1) is 13.7. The van der Waals surface area contributed by atoms with Crippen LogP contribution < -0.4 is 15.0 Å². The van der Waals surface area contributed by atoms with Gasteiger partial charge in [0.15, 0.2) is 5.75 Å². The van der Waals surface area contributed by atoms with Crippen molar-refractivity contribution in [3.63, 3.8) is 0 Å². The normalized spacial score (nSPS) is 15.2. The van der Waals surface area contributed by atoms with Crippen LogP contribution in [-0.4, -0.2) is 18.5 Å². The summed E-state index contributed by atoms with van der Waals surface area (Å²) in [7, 11) is 0. The Labute approximate surface area is 165 Å². The third-order valence-corrected chi connectivity index (χ3v) is 5.06. The van der Waals surface area contributed by atoms with Crippen molar-refractivity contribution in [3.05, 3.63) is 84.4 Å². The first kappa shape index (κ1) is 18.1. The Morgan fingerprint density at radius 1 is 1.00 bits per heavy atom. The monoisotopic (exact) mass is 372 g/mol. The van der Waals surface area contributed by atoms with Gasteiger partial charge in [0, 0.05) is 24.7 Å². The van der Waals surface area contributed by atoms with Crippen molar-refractivity contribution in [1.29, 1.82) is 0 Å². The molecule has 1 unspecified atom stereocenters. The number of hydrogen-bond donors (Lipinski definition) is 1. The third-order valence-electron chi connectivity index (χ3n) is 5.06. The average Bonchev–Trinajstić information content (AvgIpc) is 3.04. The van der Waals surface area contributed by atoms with Gasteiger partial charge in [-0.1, -0.05) is 48.5 Å². The van der Waals surface area contributed by atoms with Crippen LogP contribution in [0.2, 0.25) is 0 Å². The largest absolute Gasteiger partial charge is 0.455 e. The molecule has 1 aliphatic rings. The van der Waals surface area contributed by atoms with Crippen LogP contribution in [0.4, 0.5) is 11.4 Å². The van der Waals surface area contributed by atoms with Crippen LogP contribution in [0.1, 0.15) is 18.9 Å². The maximum Gasteiger partial charge on any atom is 0.226 e. The second-order valence-electron chi connectivity index (χ2n) is 7.08. The van der Waals surface area contributed by atoms with Gasteiger partial charge in [0.2, 0.25) is 5.91 Å². The number of nitrogens with zero attached hydrogens (tertiary/aromatic N) is 1. The number of benzene rings is 3. The van der Waals surface area contributed by atoms with Crippen molar-refractivity contribution in [1.82, 2.24) is 0 Å². The third kappa shape index (κ3) is 4.01. The van der Waals surface area contributed by atoms with Gasteiger partial charge in [-0.2, -0.15) is 0 Å². The molecule has 0 aliphatic carbocycles. The first-order valence-corrected chi connectivity index (χ1v) is 9.67. The number of ether oxygens (including phenoxy) is 1. The van der Waals surface area contributed by atoms with E-state index in [0.29, 0.717) is 30.4 Å². The number of hydrogen-bond acceptors (Lipinski definition) is 3. The molecule has 0 spiro atoms. The topological polar surface area (TPSA) is 41.6 Å². The van der Waals surface area contributed by atoms with E-state index in [9.17, 15) is 4.79 Å². The second-order valence-corrected chi connectivity index (χ2v) is 7.08. The van der Waals surface area contributed by atoms with Gasteiger partial charge in [-0.05, 0) is 49.2 Å². The molecule has 4 nitrogen and oxygen atoms in total. The van der Waals surface area contributed by atoms with Gasteiger partial charge in [0.1, 0.15) is 5.75 Å². The summed E-state index contributed by atoms with van der Waals surface area (Å²) in [4.78, 5) is 14.9. The molecule has 1 aliphatic heterocycles. The van der Waals surface area contributed by atoms with Crippen LogP contribution >= 0.6 is 0 Å². The molecule has 4 heteroatoms. The zero-order chi connectivity index (χ0) is 19.3. The molecule has 0 saturated heterocycles. The molecule has 4 rings (SSSR count). The Bertz CT molecular complexity index is 956. The van der Waals surface area contributed by atoms with E-state index in [4.69, 9.17) is 4.74 Å². The minimum Gasteiger partial charge on any atom is -0.455 e. The molecular formula is C24H24N2O2. The Kier molecular flexibility index (Phi) is 5.29. The fourth-order valence-electron chi connectivity index (χ4n) is 3.68. The van der Waals surface area contributed by atoms with E-state index < -0.39 is 0 Å². The van der Waals surface area contributed by atoms with E-state index in [1.54, 1.807) is 0 Å². The van der Waals surface area contributed by atoms with E-state index in [1.165, 1.54) is 11.3 Å². The molecule has 142 valence electrons. The van der Waals surface area contributed by atoms with Crippen LogP contribution in [0, 0.1) is 0 Å². The zero-order valence-electron chi connectivity index (χ0n) is 16.0. The number of rotatable bonds is 6. The molecule has 0 bridgehead atoms. The molecule has 0 saturated carbocycles. The maximum absolute atomic E-state index is 12.6. The van der Waals surface area contributed by atoms with Crippen LogP contribution in [-0.2, 0) is 11.2 Å². The van der Waals surface area contributed by atoms with Crippen molar-refractivity contribution in [2.45, 2.75) is 25.8 Å². The summed E-state index contributed by atoms with van der Waals surface area (Å²) >= 11 is 0. The SMILES string of the molecule is CC1Cc2ccccc2N1CCC(=O)Nc1ccccc1Oc1ccccc1. The van der Waals surface area contributed by atoms with Crippen LogP contribution in [0.5, 0.6) is 11.5 Å². The molecule has 1 N–H and O–H groups in total. The summed E-state index contributed by atoms with van der Waals surface area (Å²) in [5, 5.41) is 3.00. The molecule has 0 aromatic heterocycles. The molecule has 1 heterocycles. The Hall–Kier alpha value is -3.27. The van der Waals surface area contributed by atoms with E-state index in [2.05, 4.69) is 41.4 Å². The van der Waals surface area contributed by atoms with Crippen LogP contribution in [0.3, 0.4) is 0 Å². The van der Waals surface area contributed by atoms with Gasteiger partial charge in [0.25, 0.3) is 0 Å². The van der Waals surface area contributed by atoms with Gasteiger partial charge < -0.3 is 15.0 Å². The minimum atomic E-state index is -0.0132. The van der Waals surface area contributed by atoms with E-state index in [0.717, 1.165) is 12.2 Å². The first-order valence-electron chi connectivity index (χ1n) is 9.67. The van der Waals surface area contributed by atoms with Gasteiger partial charge in [0.05, 0.1) is 5.69 Å². The quantitative estimate of drug-likeness (QED) is 0.642. The summed E-state index contributed by atoms with van der Waals surface area (Å²) < 4.78 is 5.93. The molecule has 1 amide bonds. The van der Waals surface area contributed by atoms with E-state index >= 15 is 0 Å². The van der Waals surface area contributed by atoms with Gasteiger partial charge in [-0.15, -0.1) is 0 Å². The van der Waals surface area contributed by atoms with Crippen molar-refractivity contribution in [2.24, 2.45) is 0 Å². The number of para-hydroxylation sites is 4. The highest BCUT2D eigenvalue weighted by Crippen LogP contribution is 2.32. The summed E-state index contributed by atoms with van der Waals surface area (Å²) in [5.74, 6) is 1.37. The summed E-state index contributed by atoms with van der Waals surface area (Å²) in [6.45, 7) is 2.91. The van der Waals surface area contributed by atoms with Crippen molar-refractivity contribution in [2.75, 3.05) is 16.8 Å². The summed E-state index contributed by atoms with van der Waals surface area (Å²) in [6.07, 6.45) is 1.46. The van der Waals surface area contributed by atoms with E-state index in [1.807, 2.05) is 54.6 Å². The lowest BCUT2D eigenvalue weighted by atomic mass is 10.1. The zero-order valence-corrected chi connectivity index (χ0v) is 16.0. The van der Waals surface area contributed by atoms with Crippen LogP contribution in [0.15, 0.2) is 78.9 Å². The Morgan fingerprint density at radius 2 is 1.71 bits per heavy atom. The lowest BCUT2D eigenvalue weighted by Crippen LogP contribution is -2.32. The molecule has 3 aromatic carbocycles. The number of carbonyl (C=O) groups is 1. The fraction of sp³-hybridized carbons (Fsp3) is 0.208. The molecule has 28 heavy (non-hydrogen) atoms. The smallest absolute Gasteiger partial charge is 0.226 e. The summed E-state index contributed by atoms with van der Waals surface area (Å²) in [5.41, 5.74) is 3.29. The van der Waals surface area contributed by atoms with Gasteiger partial charge in [-0.25, -0.2) is 0 Å². The highest BCUT2D eigenvalue weighted by Gasteiger charge is 2.25. The van der Waals surface area contributed by atoms with Crippen molar-refractivity contribution >= 4 is 17.3 Å². The lowest BCUT2D eigenvalue weighted by molar-refractivity contribution is -0.116. The molecular weight excluding hydrogens is 348 g/mol. The number of anilines is 2. The van der Waals surface area contributed by atoms with Gasteiger partial charge in [-0.3, -0.25) is 4.79 Å². The van der Waals surface area contributed by atoms with E-state index in [-0.39, 0.29) is 5.91 Å². The maximum atomic E-state index is 12.6. The summed E-state index contributed by atoms with van der Waals surface area (Å²) in [6, 6.07) is 26.0. The lowest BCUT2D eigenvalue weighted by Gasteiger charge is -2.24. The second kappa shape index (κ2) is 8.17. The molecule has 1 atom stereocenters. The number of carbonyl (C=O) groups excluding carboxylic acids is 1. The van der Waals surface area contributed by atoms with Crippen molar-refractivity contribution < 1.29 is 9.53 Å². The highest BCUT2D eigenvalue weighted by molar-refractivity contribution is 5.92. The molecule has 0 fully saturated rings. The molecule has 0 radical (unpaired) electrons. The van der Waals surface area contributed by atoms with Crippen LogP contribution in [0.25, 0.3) is 0 Å². The van der Waals surface area contributed by atoms with Crippen molar-refractivity contribution in [3.8, 4) is 11.5 Å². The fourth-order valence-corrected chi connectivity index (χ4v) is 3.68. The molecule has 3 aromatic rings. The minimum absolute atomic E-state index is 0.0132. The Balaban J connectivity index is 1.40. The average molecular weight is 372 g/mol. The predicted molar refractivity (Wildman–Crippen MR) is 113 cm³/mol. The standard InChI is InChI=1S/C24H24N2O2/c1-18-17-19-9-5-7-13-22(19)26(18)16-15-24(27)25-21-12-6-8-14-23(21)28-20-10-3-2-4-11-20/h2-14,18H,15-17H2,1H3,(H,25,27). The van der Waals surface area contributed by atoms with Gasteiger partial charge >= 0.3 is 0 Å².